The first-order valence-electron chi connectivity index (χ1n) is 12.6. The maximum Gasteiger partial charge on any atom is 0.407 e. The van der Waals surface area contributed by atoms with Crippen molar-refractivity contribution in [1.29, 1.82) is 0 Å². The molecule has 37 heavy (non-hydrogen) atoms. The van der Waals surface area contributed by atoms with Crippen LogP contribution in [-0.4, -0.2) is 35.6 Å². The Morgan fingerprint density at radius 2 is 1.41 bits per heavy atom. The van der Waals surface area contributed by atoms with Crippen LogP contribution in [-0.2, 0) is 20.7 Å². The van der Waals surface area contributed by atoms with Gasteiger partial charge in [0.2, 0.25) is 0 Å². The molecule has 0 heterocycles. The highest BCUT2D eigenvalue weighted by molar-refractivity contribution is 8.01. The number of rotatable bonds is 8. The molecule has 194 valence electrons. The van der Waals surface area contributed by atoms with E-state index in [2.05, 4.69) is 29.6 Å². The van der Waals surface area contributed by atoms with Crippen molar-refractivity contribution in [2.24, 2.45) is 0 Å². The average Bonchev–Trinajstić information content (AvgIpc) is 3.16. The lowest BCUT2D eigenvalue weighted by atomic mass is 9.98. The smallest absolute Gasteiger partial charge is 0.407 e. The second kappa shape index (κ2) is 11.0. The summed E-state index contributed by atoms with van der Waals surface area (Å²) in [5.41, 5.74) is 5.40. The zero-order valence-electron chi connectivity index (χ0n) is 22.2. The van der Waals surface area contributed by atoms with E-state index in [9.17, 15) is 9.59 Å². The molecule has 0 unspecified atom stereocenters. The summed E-state index contributed by atoms with van der Waals surface area (Å²) in [6, 6.07) is 24.6. The number of benzene rings is 3. The maximum absolute atomic E-state index is 12.5. The fraction of sp³-hybridized carbons (Fsp3) is 0.355. The minimum absolute atomic E-state index is 0.0492. The monoisotopic (exact) mass is 517 g/mol. The van der Waals surface area contributed by atoms with Gasteiger partial charge in [0.15, 0.2) is 0 Å². The highest BCUT2D eigenvalue weighted by Gasteiger charge is 2.33. The molecule has 0 aliphatic heterocycles. The molecule has 0 fully saturated rings. The third-order valence-corrected chi connectivity index (χ3v) is 7.40. The van der Waals surface area contributed by atoms with Crippen LogP contribution in [0.4, 0.5) is 4.79 Å². The minimum atomic E-state index is -0.694. The Morgan fingerprint density at radius 3 is 1.97 bits per heavy atom. The number of nitrogens with one attached hydrogen (secondary N) is 1. The summed E-state index contributed by atoms with van der Waals surface area (Å²) >= 11 is 1.48. The van der Waals surface area contributed by atoms with Crippen molar-refractivity contribution in [2.45, 2.75) is 62.2 Å². The number of amides is 1. The molecule has 0 bridgehead atoms. The molecule has 1 aliphatic carbocycles. The van der Waals surface area contributed by atoms with Gasteiger partial charge in [-0.25, -0.2) is 4.79 Å². The predicted octanol–water partition coefficient (Wildman–Crippen LogP) is 6.98. The van der Waals surface area contributed by atoms with E-state index in [1.807, 2.05) is 83.1 Å². The first-order valence-corrected chi connectivity index (χ1v) is 13.5. The van der Waals surface area contributed by atoms with Crippen LogP contribution in [0.25, 0.3) is 11.1 Å². The highest BCUT2D eigenvalue weighted by atomic mass is 32.2. The molecule has 1 amide bonds. The number of carbonyl (C=O) groups excluding carboxylic acids is 2. The van der Waals surface area contributed by atoms with E-state index in [-0.39, 0.29) is 11.9 Å². The lowest BCUT2D eigenvalue weighted by Gasteiger charge is -2.28. The quantitative estimate of drug-likeness (QED) is 0.258. The first-order chi connectivity index (χ1) is 17.5. The number of hydrogen-bond acceptors (Lipinski definition) is 5. The molecule has 0 saturated heterocycles. The third kappa shape index (κ3) is 6.75. The summed E-state index contributed by atoms with van der Waals surface area (Å²) < 4.78 is 10.5. The Hall–Kier alpha value is -3.25. The second-order valence-electron chi connectivity index (χ2n) is 10.8. The van der Waals surface area contributed by atoms with E-state index in [4.69, 9.17) is 9.47 Å². The Bertz CT molecular complexity index is 1220. The summed E-state index contributed by atoms with van der Waals surface area (Å²) in [6.45, 7) is 10.1. The van der Waals surface area contributed by atoms with E-state index in [1.54, 1.807) is 0 Å². The van der Waals surface area contributed by atoms with Gasteiger partial charge in [-0.15, -0.1) is 11.8 Å². The molecular weight excluding hydrogens is 482 g/mol. The summed E-state index contributed by atoms with van der Waals surface area (Å²) in [5, 5.41) is 2.86. The van der Waals surface area contributed by atoms with E-state index >= 15 is 0 Å². The van der Waals surface area contributed by atoms with Crippen LogP contribution in [0.1, 0.15) is 57.2 Å². The van der Waals surface area contributed by atoms with Crippen molar-refractivity contribution in [1.82, 2.24) is 5.32 Å². The molecule has 5 nitrogen and oxygen atoms in total. The zero-order valence-corrected chi connectivity index (χ0v) is 23.0. The second-order valence-corrected chi connectivity index (χ2v) is 12.5. The van der Waals surface area contributed by atoms with Gasteiger partial charge in [-0.3, -0.25) is 4.79 Å². The van der Waals surface area contributed by atoms with Crippen molar-refractivity contribution in [3.05, 3.63) is 89.5 Å². The van der Waals surface area contributed by atoms with Crippen molar-refractivity contribution < 1.29 is 19.1 Å². The number of ether oxygens (including phenoxy) is 2. The zero-order chi connectivity index (χ0) is 26.6. The molecule has 0 spiro atoms. The number of esters is 1. The molecule has 0 radical (unpaired) electrons. The lowest BCUT2D eigenvalue weighted by Crippen LogP contribution is -2.36. The van der Waals surface area contributed by atoms with Gasteiger partial charge in [0.25, 0.3) is 0 Å². The van der Waals surface area contributed by atoms with Gasteiger partial charge in [0.1, 0.15) is 17.0 Å². The minimum Gasteiger partial charge on any atom is -0.459 e. The van der Waals surface area contributed by atoms with E-state index in [0.717, 1.165) is 10.5 Å². The summed E-state index contributed by atoms with van der Waals surface area (Å²) in [7, 11) is 0. The van der Waals surface area contributed by atoms with Crippen LogP contribution in [0.15, 0.2) is 77.7 Å². The maximum atomic E-state index is 12.5. The predicted molar refractivity (Wildman–Crippen MR) is 149 cm³/mol. The number of fused-ring (bicyclic) bond motifs is 3. The van der Waals surface area contributed by atoms with E-state index in [1.165, 1.54) is 34.0 Å². The van der Waals surface area contributed by atoms with Crippen LogP contribution in [0.5, 0.6) is 0 Å². The molecule has 3 aromatic carbocycles. The average molecular weight is 518 g/mol. The first kappa shape index (κ1) is 26.8. The standard InChI is InChI=1S/C31H35NO4S/c1-30(2,3)36-28(33)31(4,5)37-22-16-14-21(15-17-22)18-19-32-29(34)35-20-27-25-12-8-6-10-23(25)24-11-7-9-13-26(24)27/h6-17,27H,18-20H2,1-5H3,(H,32,34). The SMILES string of the molecule is CC(C)(C)OC(=O)C(C)(C)Sc1ccc(CCNC(=O)OCC2c3ccccc3-c3ccccc32)cc1. The van der Waals surface area contributed by atoms with Gasteiger partial charge in [-0.2, -0.15) is 0 Å². The Kier molecular flexibility index (Phi) is 7.98. The van der Waals surface area contributed by atoms with Crippen LogP contribution in [0.3, 0.4) is 0 Å². The summed E-state index contributed by atoms with van der Waals surface area (Å²) in [4.78, 5) is 25.9. The molecule has 0 atom stereocenters. The van der Waals surface area contributed by atoms with Gasteiger partial charge in [0.05, 0.1) is 0 Å². The van der Waals surface area contributed by atoms with Crippen molar-refractivity contribution in [3.63, 3.8) is 0 Å². The van der Waals surface area contributed by atoms with Gasteiger partial charge in [0, 0.05) is 17.4 Å². The molecular formula is C31H35NO4S. The van der Waals surface area contributed by atoms with Crippen molar-refractivity contribution in [3.8, 4) is 11.1 Å². The molecule has 6 heteroatoms. The largest absolute Gasteiger partial charge is 0.459 e. The van der Waals surface area contributed by atoms with Gasteiger partial charge in [-0.1, -0.05) is 60.7 Å². The van der Waals surface area contributed by atoms with Gasteiger partial charge >= 0.3 is 12.1 Å². The van der Waals surface area contributed by atoms with Crippen LogP contribution >= 0.6 is 11.8 Å². The molecule has 1 aliphatic rings. The fourth-order valence-corrected chi connectivity index (χ4v) is 5.41. The van der Waals surface area contributed by atoms with Crippen LogP contribution in [0, 0.1) is 0 Å². The van der Waals surface area contributed by atoms with Crippen molar-refractivity contribution >= 4 is 23.8 Å². The lowest BCUT2D eigenvalue weighted by molar-refractivity contribution is -0.156. The number of thioether (sulfide) groups is 1. The summed E-state index contributed by atoms with van der Waals surface area (Å²) in [5.74, 6) is -0.186. The topological polar surface area (TPSA) is 64.6 Å². The highest BCUT2D eigenvalue weighted by Crippen LogP contribution is 2.44. The Labute approximate surface area is 224 Å². The molecule has 0 aromatic heterocycles. The third-order valence-electron chi connectivity index (χ3n) is 6.21. The number of hydrogen-bond donors (Lipinski definition) is 1. The summed E-state index contributed by atoms with van der Waals surface area (Å²) in [6.07, 6.45) is 0.276. The van der Waals surface area contributed by atoms with Crippen LogP contribution < -0.4 is 5.32 Å². The Morgan fingerprint density at radius 1 is 0.838 bits per heavy atom. The molecule has 0 saturated carbocycles. The van der Waals surface area contributed by atoms with Gasteiger partial charge < -0.3 is 14.8 Å². The fourth-order valence-electron chi connectivity index (χ4n) is 4.42. The van der Waals surface area contributed by atoms with Crippen LogP contribution in [0.2, 0.25) is 0 Å². The number of alkyl carbamates (subject to hydrolysis) is 1. The van der Waals surface area contributed by atoms with E-state index in [0.29, 0.717) is 19.6 Å². The Balaban J connectivity index is 1.24. The molecule has 1 N–H and O–H groups in total. The number of carbonyl (C=O) groups is 2. The normalized spacial score (nSPS) is 13.0. The van der Waals surface area contributed by atoms with E-state index < -0.39 is 16.4 Å². The van der Waals surface area contributed by atoms with Crippen molar-refractivity contribution in [2.75, 3.05) is 13.2 Å². The van der Waals surface area contributed by atoms with Gasteiger partial charge in [-0.05, 0) is 81.0 Å². The molecule has 4 rings (SSSR count). The molecule has 3 aromatic rings.